The van der Waals surface area contributed by atoms with Gasteiger partial charge in [0.1, 0.15) is 0 Å². The Bertz CT molecular complexity index is 818. The molecule has 0 radical (unpaired) electrons. The third-order valence-electron chi connectivity index (χ3n) is 3.19. The van der Waals surface area contributed by atoms with Gasteiger partial charge < -0.3 is 5.84 Å². The van der Waals surface area contributed by atoms with E-state index in [9.17, 15) is 0 Å². The van der Waals surface area contributed by atoms with E-state index in [4.69, 9.17) is 11.1 Å². The van der Waals surface area contributed by atoms with Crippen molar-refractivity contribution in [1.29, 1.82) is 5.26 Å². The summed E-state index contributed by atoms with van der Waals surface area (Å²) in [6.07, 6.45) is 1.82. The van der Waals surface area contributed by atoms with Gasteiger partial charge in [0.05, 0.1) is 23.5 Å². The van der Waals surface area contributed by atoms with Crippen LogP contribution in [0.2, 0.25) is 0 Å². The standard InChI is InChI=1S/C17H14N4S/c18-10-13-5-4-6-14(9-13)12-22-17-20-16(11-21(17)19)15-7-2-1-3-8-15/h1-9,11H,12,19H2. The van der Waals surface area contributed by atoms with E-state index in [1.807, 2.05) is 54.7 Å². The predicted octanol–water partition coefficient (Wildman–Crippen LogP) is 3.43. The van der Waals surface area contributed by atoms with E-state index in [0.717, 1.165) is 27.7 Å². The van der Waals surface area contributed by atoms with Crippen LogP contribution in [0.1, 0.15) is 11.1 Å². The number of rotatable bonds is 4. The number of hydrogen-bond acceptors (Lipinski definition) is 4. The van der Waals surface area contributed by atoms with E-state index in [1.165, 1.54) is 0 Å². The van der Waals surface area contributed by atoms with Gasteiger partial charge in [-0.1, -0.05) is 54.2 Å². The number of nitriles is 1. The van der Waals surface area contributed by atoms with E-state index >= 15 is 0 Å². The van der Waals surface area contributed by atoms with Crippen molar-refractivity contribution >= 4 is 11.8 Å². The minimum Gasteiger partial charge on any atom is -0.337 e. The maximum atomic E-state index is 8.93. The largest absolute Gasteiger partial charge is 0.337 e. The molecule has 0 saturated carbocycles. The molecule has 108 valence electrons. The van der Waals surface area contributed by atoms with Gasteiger partial charge >= 0.3 is 0 Å². The Hall–Kier alpha value is -2.71. The van der Waals surface area contributed by atoms with Gasteiger partial charge in [0.15, 0.2) is 5.16 Å². The second-order valence-electron chi connectivity index (χ2n) is 4.78. The number of aromatic nitrogens is 2. The number of hydrogen-bond donors (Lipinski definition) is 1. The number of nitrogen functional groups attached to an aromatic ring is 1. The number of nitrogens with zero attached hydrogens (tertiary/aromatic N) is 3. The van der Waals surface area contributed by atoms with Crippen LogP contribution in [-0.4, -0.2) is 9.66 Å². The first-order valence-electron chi connectivity index (χ1n) is 6.78. The zero-order valence-corrected chi connectivity index (χ0v) is 12.6. The summed E-state index contributed by atoms with van der Waals surface area (Å²) in [5.41, 5.74) is 3.64. The van der Waals surface area contributed by atoms with Gasteiger partial charge in [-0.25, -0.2) is 9.66 Å². The topological polar surface area (TPSA) is 67.6 Å². The van der Waals surface area contributed by atoms with Crippen molar-refractivity contribution in [3.05, 3.63) is 71.9 Å². The van der Waals surface area contributed by atoms with Crippen molar-refractivity contribution in [2.75, 3.05) is 5.84 Å². The molecule has 22 heavy (non-hydrogen) atoms. The highest BCUT2D eigenvalue weighted by Crippen LogP contribution is 2.25. The zero-order chi connectivity index (χ0) is 15.4. The van der Waals surface area contributed by atoms with E-state index in [1.54, 1.807) is 22.5 Å². The molecule has 2 aromatic carbocycles. The fourth-order valence-corrected chi connectivity index (χ4v) is 2.95. The molecule has 3 aromatic rings. The molecule has 0 aliphatic heterocycles. The van der Waals surface area contributed by atoms with Gasteiger partial charge in [-0.3, -0.25) is 0 Å². The molecular weight excluding hydrogens is 292 g/mol. The smallest absolute Gasteiger partial charge is 0.187 e. The predicted molar refractivity (Wildman–Crippen MR) is 88.5 cm³/mol. The summed E-state index contributed by atoms with van der Waals surface area (Å²) < 4.78 is 1.54. The zero-order valence-electron chi connectivity index (χ0n) is 11.8. The molecule has 1 heterocycles. The Balaban J connectivity index is 1.76. The summed E-state index contributed by atoms with van der Waals surface area (Å²) in [7, 11) is 0. The van der Waals surface area contributed by atoms with E-state index in [2.05, 4.69) is 11.1 Å². The first kappa shape index (κ1) is 14.2. The van der Waals surface area contributed by atoms with Crippen LogP contribution in [0, 0.1) is 11.3 Å². The molecule has 1 aromatic heterocycles. The maximum absolute atomic E-state index is 8.93. The SMILES string of the molecule is N#Cc1cccc(CSc2nc(-c3ccccc3)cn2N)c1. The molecule has 0 bridgehead atoms. The summed E-state index contributed by atoms with van der Waals surface area (Å²) in [6.45, 7) is 0. The molecule has 0 amide bonds. The third kappa shape index (κ3) is 3.13. The molecule has 0 spiro atoms. The quantitative estimate of drug-likeness (QED) is 0.592. The minimum atomic E-state index is 0.666. The van der Waals surface area contributed by atoms with E-state index < -0.39 is 0 Å². The Labute approximate surface area is 133 Å². The van der Waals surface area contributed by atoms with Gasteiger partial charge in [-0.05, 0) is 17.7 Å². The highest BCUT2D eigenvalue weighted by molar-refractivity contribution is 7.98. The molecule has 0 aliphatic rings. The summed E-state index contributed by atoms with van der Waals surface area (Å²) >= 11 is 1.55. The fraction of sp³-hybridized carbons (Fsp3) is 0.0588. The first-order chi connectivity index (χ1) is 10.8. The fourth-order valence-electron chi connectivity index (χ4n) is 2.11. The van der Waals surface area contributed by atoms with Gasteiger partial charge in [0, 0.05) is 11.3 Å². The molecule has 4 nitrogen and oxygen atoms in total. The molecular formula is C17H14N4S. The highest BCUT2D eigenvalue weighted by Gasteiger charge is 2.08. The first-order valence-corrected chi connectivity index (χ1v) is 7.76. The molecule has 5 heteroatoms. The monoisotopic (exact) mass is 306 g/mol. The second-order valence-corrected chi connectivity index (χ2v) is 5.73. The molecule has 0 aliphatic carbocycles. The van der Waals surface area contributed by atoms with E-state index in [-0.39, 0.29) is 0 Å². The van der Waals surface area contributed by atoms with Crippen LogP contribution >= 0.6 is 11.8 Å². The van der Waals surface area contributed by atoms with Crippen molar-refractivity contribution in [1.82, 2.24) is 9.66 Å². The average molecular weight is 306 g/mol. The number of thioether (sulfide) groups is 1. The molecule has 0 saturated heterocycles. The lowest BCUT2D eigenvalue weighted by Crippen LogP contribution is -2.07. The summed E-state index contributed by atoms with van der Waals surface area (Å²) in [5.74, 6) is 6.70. The van der Waals surface area contributed by atoms with Gasteiger partial charge in [-0.2, -0.15) is 5.26 Å². The van der Waals surface area contributed by atoms with Crippen molar-refractivity contribution in [2.45, 2.75) is 10.9 Å². The van der Waals surface area contributed by atoms with Crippen molar-refractivity contribution in [2.24, 2.45) is 0 Å². The lowest BCUT2D eigenvalue weighted by molar-refractivity contribution is 0.851. The van der Waals surface area contributed by atoms with E-state index in [0.29, 0.717) is 5.56 Å². The van der Waals surface area contributed by atoms with Crippen molar-refractivity contribution in [3.8, 4) is 17.3 Å². The second kappa shape index (κ2) is 6.37. The van der Waals surface area contributed by atoms with Gasteiger partial charge in [0.25, 0.3) is 0 Å². The Morgan fingerprint density at radius 3 is 2.73 bits per heavy atom. The highest BCUT2D eigenvalue weighted by atomic mass is 32.2. The summed E-state index contributed by atoms with van der Waals surface area (Å²) in [5, 5.41) is 9.68. The molecule has 2 N–H and O–H groups in total. The normalized spacial score (nSPS) is 10.3. The van der Waals surface area contributed by atoms with Crippen molar-refractivity contribution in [3.63, 3.8) is 0 Å². The third-order valence-corrected chi connectivity index (χ3v) is 4.23. The minimum absolute atomic E-state index is 0.666. The lowest BCUT2D eigenvalue weighted by atomic mass is 10.2. The number of nitrogens with two attached hydrogens (primary N) is 1. The van der Waals surface area contributed by atoms with Gasteiger partial charge in [-0.15, -0.1) is 0 Å². The summed E-state index contributed by atoms with van der Waals surface area (Å²) in [4.78, 5) is 4.57. The van der Waals surface area contributed by atoms with Crippen LogP contribution in [-0.2, 0) is 5.75 Å². The van der Waals surface area contributed by atoms with Crippen LogP contribution in [0.15, 0.2) is 66.0 Å². The lowest BCUT2D eigenvalue weighted by Gasteiger charge is -2.02. The molecule has 0 fully saturated rings. The molecule has 3 rings (SSSR count). The maximum Gasteiger partial charge on any atom is 0.187 e. The molecule has 0 unspecified atom stereocenters. The van der Waals surface area contributed by atoms with Crippen LogP contribution in [0.5, 0.6) is 0 Å². The Morgan fingerprint density at radius 2 is 1.95 bits per heavy atom. The Kier molecular flexibility index (Phi) is 4.12. The Morgan fingerprint density at radius 1 is 1.14 bits per heavy atom. The van der Waals surface area contributed by atoms with Gasteiger partial charge in [0.2, 0.25) is 0 Å². The summed E-state index contributed by atoms with van der Waals surface area (Å²) in [6, 6.07) is 19.7. The van der Waals surface area contributed by atoms with Crippen LogP contribution in [0.25, 0.3) is 11.3 Å². The molecule has 0 atom stereocenters. The van der Waals surface area contributed by atoms with Crippen LogP contribution < -0.4 is 5.84 Å². The number of benzene rings is 2. The van der Waals surface area contributed by atoms with Crippen LogP contribution in [0.4, 0.5) is 0 Å². The van der Waals surface area contributed by atoms with Crippen LogP contribution in [0.3, 0.4) is 0 Å². The van der Waals surface area contributed by atoms with Crippen molar-refractivity contribution < 1.29 is 0 Å². The number of imidazole rings is 1. The average Bonchev–Trinajstić information content (AvgIpc) is 2.95.